The molecule has 0 radical (unpaired) electrons. The fourth-order valence-corrected chi connectivity index (χ4v) is 1.47. The summed E-state index contributed by atoms with van der Waals surface area (Å²) in [5.74, 6) is 0.464. The van der Waals surface area contributed by atoms with E-state index in [2.05, 4.69) is 0 Å². The van der Waals surface area contributed by atoms with Crippen LogP contribution in [0, 0.1) is 6.92 Å². The molecule has 6 heteroatoms. The summed E-state index contributed by atoms with van der Waals surface area (Å²) in [5.41, 5.74) is -0.116. The first-order chi connectivity index (χ1) is 8.30. The number of benzene rings is 1. The summed E-state index contributed by atoms with van der Waals surface area (Å²) < 4.78 is 48.1. The van der Waals surface area contributed by atoms with Gasteiger partial charge in [-0.3, -0.25) is 0 Å². The fraction of sp³-hybridized carbons (Fsp3) is 0.500. The maximum Gasteiger partial charge on any atom is 0.509 e. The number of hydrogen-bond donors (Lipinski definition) is 0. The second kappa shape index (κ2) is 6.13. The predicted molar refractivity (Wildman–Crippen MR) is 66.5 cm³/mol. The van der Waals surface area contributed by atoms with Gasteiger partial charge in [-0.1, -0.05) is 12.1 Å². The van der Waals surface area contributed by atoms with E-state index >= 15 is 0 Å². The van der Waals surface area contributed by atoms with Gasteiger partial charge < -0.3 is 22.4 Å². The SMILES string of the molecule is Cc1cc([B-](F)(F)F)ccc1OCCOC(C)C. The van der Waals surface area contributed by atoms with E-state index in [9.17, 15) is 12.9 Å². The molecule has 18 heavy (non-hydrogen) atoms. The largest absolute Gasteiger partial charge is 0.509 e. The Balaban J connectivity index is 2.58. The van der Waals surface area contributed by atoms with Gasteiger partial charge in [0.15, 0.2) is 0 Å². The predicted octanol–water partition coefficient (Wildman–Crippen LogP) is 2.85. The van der Waals surface area contributed by atoms with E-state index in [-0.39, 0.29) is 6.10 Å². The van der Waals surface area contributed by atoms with Crippen molar-refractivity contribution in [1.29, 1.82) is 0 Å². The first-order valence-corrected chi connectivity index (χ1v) is 5.85. The Labute approximate surface area is 105 Å². The summed E-state index contributed by atoms with van der Waals surface area (Å²) in [6.07, 6.45) is 0.116. The molecule has 0 saturated carbocycles. The molecule has 0 aliphatic rings. The molecule has 0 heterocycles. The molecule has 0 unspecified atom stereocenters. The van der Waals surface area contributed by atoms with Crippen molar-refractivity contribution in [2.75, 3.05) is 13.2 Å². The third kappa shape index (κ3) is 4.60. The van der Waals surface area contributed by atoms with Crippen molar-refractivity contribution in [3.63, 3.8) is 0 Å². The van der Waals surface area contributed by atoms with Crippen LogP contribution in [-0.2, 0) is 4.74 Å². The molecule has 0 fully saturated rings. The van der Waals surface area contributed by atoms with E-state index in [0.29, 0.717) is 24.5 Å². The topological polar surface area (TPSA) is 18.5 Å². The van der Waals surface area contributed by atoms with Crippen LogP contribution in [0.15, 0.2) is 18.2 Å². The van der Waals surface area contributed by atoms with Gasteiger partial charge in [0.1, 0.15) is 12.4 Å². The van der Waals surface area contributed by atoms with Crippen molar-refractivity contribution in [2.24, 2.45) is 0 Å². The van der Waals surface area contributed by atoms with Crippen molar-refractivity contribution in [3.05, 3.63) is 23.8 Å². The molecule has 0 aliphatic heterocycles. The summed E-state index contributed by atoms with van der Waals surface area (Å²) in [5, 5.41) is 0. The van der Waals surface area contributed by atoms with Gasteiger partial charge in [0.25, 0.3) is 0 Å². The Morgan fingerprint density at radius 1 is 1.17 bits per heavy atom. The number of hydrogen-bond acceptors (Lipinski definition) is 2. The van der Waals surface area contributed by atoms with Crippen LogP contribution in [0.3, 0.4) is 0 Å². The standard InChI is InChI=1S/C12H17BF3O2/c1-9(2)17-6-7-18-12-5-4-11(8-10(12)3)13(14,15)16/h4-5,8-9H,6-7H2,1-3H3/q-1. The smallest absolute Gasteiger partial charge is 0.491 e. The average Bonchev–Trinajstić information content (AvgIpc) is 2.24. The molecule has 0 saturated heterocycles. The van der Waals surface area contributed by atoms with Crippen LogP contribution < -0.4 is 10.2 Å². The highest BCUT2D eigenvalue weighted by atomic mass is 19.4. The van der Waals surface area contributed by atoms with Gasteiger partial charge in [-0.2, -0.15) is 0 Å². The minimum atomic E-state index is -4.95. The number of aryl methyl sites for hydroxylation is 1. The van der Waals surface area contributed by atoms with Crippen LogP contribution in [0.1, 0.15) is 19.4 Å². The summed E-state index contributed by atoms with van der Waals surface area (Å²) in [6, 6.07) is 3.51. The molecule has 1 aromatic carbocycles. The number of rotatable bonds is 6. The highest BCUT2D eigenvalue weighted by molar-refractivity contribution is 6.73. The zero-order valence-electron chi connectivity index (χ0n) is 10.8. The summed E-state index contributed by atoms with van der Waals surface area (Å²) in [4.78, 5) is 0. The molecule has 2 nitrogen and oxygen atoms in total. The van der Waals surface area contributed by atoms with E-state index in [4.69, 9.17) is 9.47 Å². The minimum Gasteiger partial charge on any atom is -0.491 e. The highest BCUT2D eigenvalue weighted by Crippen LogP contribution is 2.18. The maximum atomic E-state index is 12.5. The van der Waals surface area contributed by atoms with Crippen LogP contribution in [0.5, 0.6) is 5.75 Å². The highest BCUT2D eigenvalue weighted by Gasteiger charge is 2.25. The fourth-order valence-electron chi connectivity index (χ4n) is 1.47. The third-order valence-corrected chi connectivity index (χ3v) is 2.37. The maximum absolute atomic E-state index is 12.5. The first-order valence-electron chi connectivity index (χ1n) is 5.85. The molecule has 0 spiro atoms. The van der Waals surface area contributed by atoms with Crippen molar-refractivity contribution in [2.45, 2.75) is 26.9 Å². The van der Waals surface area contributed by atoms with Crippen LogP contribution in [0.25, 0.3) is 0 Å². The molecule has 0 aliphatic carbocycles. The Morgan fingerprint density at radius 3 is 2.33 bits per heavy atom. The second-order valence-corrected chi connectivity index (χ2v) is 4.37. The third-order valence-electron chi connectivity index (χ3n) is 2.37. The van der Waals surface area contributed by atoms with E-state index < -0.39 is 12.4 Å². The van der Waals surface area contributed by atoms with Crippen molar-refractivity contribution in [1.82, 2.24) is 0 Å². The van der Waals surface area contributed by atoms with Crippen molar-refractivity contribution < 1.29 is 22.4 Å². The molecule has 102 valence electrons. The van der Waals surface area contributed by atoms with Gasteiger partial charge in [0, 0.05) is 0 Å². The number of halogens is 3. The normalized spacial score (nSPS) is 11.9. The molecule has 1 rings (SSSR count). The van der Waals surface area contributed by atoms with E-state index in [1.807, 2.05) is 13.8 Å². The molecule has 0 aromatic heterocycles. The van der Waals surface area contributed by atoms with Crippen LogP contribution in [-0.4, -0.2) is 26.3 Å². The Morgan fingerprint density at radius 2 is 1.83 bits per heavy atom. The molecule has 1 aromatic rings. The van der Waals surface area contributed by atoms with Gasteiger partial charge in [-0.15, -0.1) is 5.46 Å². The summed E-state index contributed by atoms with van der Waals surface area (Å²) in [6.45, 7) is 1.22. The first kappa shape index (κ1) is 14.9. The van der Waals surface area contributed by atoms with E-state index in [1.54, 1.807) is 6.92 Å². The Kier molecular flexibility index (Phi) is 5.08. The lowest BCUT2D eigenvalue weighted by atomic mass is 9.79. The van der Waals surface area contributed by atoms with E-state index in [0.717, 1.165) is 12.1 Å². The van der Waals surface area contributed by atoms with Gasteiger partial charge in [0.2, 0.25) is 0 Å². The molecule has 0 amide bonds. The summed E-state index contributed by atoms with van der Waals surface area (Å²) in [7, 11) is 0. The molecule has 0 atom stereocenters. The van der Waals surface area contributed by atoms with Crippen LogP contribution in [0.4, 0.5) is 12.9 Å². The zero-order valence-corrected chi connectivity index (χ0v) is 10.8. The number of ether oxygens (including phenoxy) is 2. The van der Waals surface area contributed by atoms with Gasteiger partial charge in [0.05, 0.1) is 12.7 Å². The lowest BCUT2D eigenvalue weighted by molar-refractivity contribution is 0.0551. The van der Waals surface area contributed by atoms with Crippen LogP contribution in [0.2, 0.25) is 0 Å². The van der Waals surface area contributed by atoms with E-state index in [1.165, 1.54) is 6.07 Å². The molecule has 0 bridgehead atoms. The Bertz CT molecular complexity index is 391. The monoisotopic (exact) mass is 261 g/mol. The minimum absolute atomic E-state index is 0.116. The van der Waals surface area contributed by atoms with Gasteiger partial charge >= 0.3 is 6.98 Å². The zero-order chi connectivity index (χ0) is 13.8. The Hall–Kier alpha value is -1.17. The quantitative estimate of drug-likeness (QED) is 0.579. The lowest BCUT2D eigenvalue weighted by Crippen LogP contribution is -2.34. The van der Waals surface area contributed by atoms with Crippen LogP contribution >= 0.6 is 0 Å². The lowest BCUT2D eigenvalue weighted by Gasteiger charge is -2.17. The van der Waals surface area contributed by atoms with Gasteiger partial charge in [-0.25, -0.2) is 0 Å². The van der Waals surface area contributed by atoms with Crippen molar-refractivity contribution >= 4 is 12.4 Å². The molecule has 0 N–H and O–H groups in total. The summed E-state index contributed by atoms with van der Waals surface area (Å²) >= 11 is 0. The average molecular weight is 261 g/mol. The second-order valence-electron chi connectivity index (χ2n) is 4.37. The molecular weight excluding hydrogens is 244 g/mol. The van der Waals surface area contributed by atoms with Crippen molar-refractivity contribution in [3.8, 4) is 5.75 Å². The van der Waals surface area contributed by atoms with Gasteiger partial charge in [-0.05, 0) is 32.4 Å². The molecular formula is C12H17BF3O2-.